The molecular weight excluding hydrogens is 227 g/mol. The molecule has 0 fully saturated rings. The molecule has 0 unspecified atom stereocenters. The molecule has 5 heteroatoms. The lowest BCUT2D eigenvalue weighted by atomic mass is 10.2. The van der Waals surface area contributed by atoms with E-state index in [0.717, 1.165) is 4.70 Å². The Labute approximate surface area is 96.3 Å². The van der Waals surface area contributed by atoms with E-state index in [2.05, 4.69) is 10.3 Å². The maximum atomic E-state index is 13.3. The van der Waals surface area contributed by atoms with Crippen molar-refractivity contribution in [2.24, 2.45) is 5.92 Å². The van der Waals surface area contributed by atoms with E-state index in [-0.39, 0.29) is 17.6 Å². The topological polar surface area (TPSA) is 42.0 Å². The van der Waals surface area contributed by atoms with E-state index in [1.807, 2.05) is 0 Å². The van der Waals surface area contributed by atoms with E-state index in [1.54, 1.807) is 26.0 Å². The van der Waals surface area contributed by atoms with Gasteiger partial charge < -0.3 is 5.32 Å². The Kier molecular flexibility index (Phi) is 2.87. The van der Waals surface area contributed by atoms with Crippen molar-refractivity contribution in [2.75, 3.05) is 5.32 Å². The Morgan fingerprint density at radius 3 is 2.88 bits per heavy atom. The van der Waals surface area contributed by atoms with Gasteiger partial charge in [-0.15, -0.1) is 0 Å². The first-order valence-corrected chi connectivity index (χ1v) is 5.75. The molecule has 0 saturated carbocycles. The van der Waals surface area contributed by atoms with Crippen molar-refractivity contribution in [1.29, 1.82) is 0 Å². The number of hydrogen-bond donors (Lipinski definition) is 1. The van der Waals surface area contributed by atoms with Crippen LogP contribution in [0.3, 0.4) is 0 Å². The van der Waals surface area contributed by atoms with Gasteiger partial charge in [0.15, 0.2) is 5.13 Å². The van der Waals surface area contributed by atoms with Gasteiger partial charge in [-0.2, -0.15) is 0 Å². The lowest BCUT2D eigenvalue weighted by Crippen LogP contribution is -2.17. The quantitative estimate of drug-likeness (QED) is 0.873. The van der Waals surface area contributed by atoms with Crippen LogP contribution in [-0.4, -0.2) is 10.9 Å². The lowest BCUT2D eigenvalue weighted by Gasteiger charge is -2.02. The van der Waals surface area contributed by atoms with Crippen LogP contribution < -0.4 is 5.32 Å². The van der Waals surface area contributed by atoms with Gasteiger partial charge in [-0.1, -0.05) is 31.3 Å². The van der Waals surface area contributed by atoms with Crippen LogP contribution in [0.5, 0.6) is 0 Å². The van der Waals surface area contributed by atoms with Crippen molar-refractivity contribution in [1.82, 2.24) is 4.98 Å². The highest BCUT2D eigenvalue weighted by Crippen LogP contribution is 2.27. The van der Waals surface area contributed by atoms with E-state index >= 15 is 0 Å². The lowest BCUT2D eigenvalue weighted by molar-refractivity contribution is -0.118. The van der Waals surface area contributed by atoms with Crippen molar-refractivity contribution in [2.45, 2.75) is 13.8 Å². The normalized spacial score (nSPS) is 11.0. The standard InChI is InChI=1S/C11H11FN2OS/c1-6(2)10(15)14-11-13-9-7(12)4-3-5-8(9)16-11/h3-6H,1-2H3,(H,13,14,15). The molecule has 0 saturated heterocycles. The predicted molar refractivity (Wildman–Crippen MR) is 63.0 cm³/mol. The highest BCUT2D eigenvalue weighted by atomic mass is 32.1. The molecule has 0 aliphatic rings. The maximum Gasteiger partial charge on any atom is 0.228 e. The molecule has 2 aromatic rings. The van der Waals surface area contributed by atoms with Gasteiger partial charge in [0.2, 0.25) is 5.91 Å². The smallest absolute Gasteiger partial charge is 0.228 e. The molecule has 1 aromatic heterocycles. The Balaban J connectivity index is 2.33. The van der Waals surface area contributed by atoms with Gasteiger partial charge in [0.25, 0.3) is 0 Å². The van der Waals surface area contributed by atoms with Crippen molar-refractivity contribution < 1.29 is 9.18 Å². The second kappa shape index (κ2) is 4.17. The number of amides is 1. The van der Waals surface area contributed by atoms with Crippen LogP contribution in [0.25, 0.3) is 10.2 Å². The summed E-state index contributed by atoms with van der Waals surface area (Å²) < 4.78 is 14.1. The zero-order chi connectivity index (χ0) is 11.7. The number of fused-ring (bicyclic) bond motifs is 1. The van der Waals surface area contributed by atoms with Crippen LogP contribution in [0, 0.1) is 11.7 Å². The third-order valence-corrected chi connectivity index (χ3v) is 3.06. The van der Waals surface area contributed by atoms with Crippen LogP contribution in [0.2, 0.25) is 0 Å². The molecule has 84 valence electrons. The minimum absolute atomic E-state index is 0.112. The summed E-state index contributed by atoms with van der Waals surface area (Å²) in [5.74, 6) is -0.588. The number of hydrogen-bond acceptors (Lipinski definition) is 3. The van der Waals surface area contributed by atoms with E-state index < -0.39 is 0 Å². The summed E-state index contributed by atoms with van der Waals surface area (Å²) >= 11 is 1.27. The van der Waals surface area contributed by atoms with Crippen LogP contribution in [-0.2, 0) is 4.79 Å². The van der Waals surface area contributed by atoms with Crippen molar-refractivity contribution in [3.63, 3.8) is 0 Å². The number of halogens is 1. The molecule has 1 heterocycles. The highest BCUT2D eigenvalue weighted by molar-refractivity contribution is 7.22. The number of rotatable bonds is 2. The van der Waals surface area contributed by atoms with Crippen molar-refractivity contribution in [3.05, 3.63) is 24.0 Å². The Bertz CT molecular complexity index is 536. The predicted octanol–water partition coefficient (Wildman–Crippen LogP) is 3.03. The molecule has 1 aromatic carbocycles. The number of aromatic nitrogens is 1. The Morgan fingerprint density at radius 1 is 1.50 bits per heavy atom. The second-order valence-corrected chi connectivity index (χ2v) is 4.78. The first-order chi connectivity index (χ1) is 7.58. The molecule has 0 bridgehead atoms. The SMILES string of the molecule is CC(C)C(=O)Nc1nc2c(F)cccc2s1. The zero-order valence-corrected chi connectivity index (χ0v) is 9.77. The van der Waals surface area contributed by atoms with Crippen LogP contribution in [0.4, 0.5) is 9.52 Å². The summed E-state index contributed by atoms with van der Waals surface area (Å²) in [6.07, 6.45) is 0. The van der Waals surface area contributed by atoms with Crippen molar-refractivity contribution in [3.8, 4) is 0 Å². The summed E-state index contributed by atoms with van der Waals surface area (Å²) in [4.78, 5) is 15.5. The molecule has 1 amide bonds. The van der Waals surface area contributed by atoms with Gasteiger partial charge in [0.1, 0.15) is 11.3 Å². The molecule has 1 N–H and O–H groups in total. The van der Waals surface area contributed by atoms with Gasteiger partial charge in [0.05, 0.1) is 4.70 Å². The van der Waals surface area contributed by atoms with E-state index in [1.165, 1.54) is 17.4 Å². The van der Waals surface area contributed by atoms with Gasteiger partial charge >= 0.3 is 0 Å². The summed E-state index contributed by atoms with van der Waals surface area (Å²) in [5, 5.41) is 3.10. The van der Waals surface area contributed by atoms with Gasteiger partial charge in [-0.25, -0.2) is 9.37 Å². The Hall–Kier alpha value is -1.49. The third kappa shape index (κ3) is 2.04. The number of carbonyl (C=O) groups excluding carboxylic acids is 1. The van der Waals surface area contributed by atoms with Crippen LogP contribution in [0.15, 0.2) is 18.2 Å². The van der Waals surface area contributed by atoms with Crippen LogP contribution in [0.1, 0.15) is 13.8 Å². The highest BCUT2D eigenvalue weighted by Gasteiger charge is 2.12. The number of anilines is 1. The molecule has 0 aliphatic heterocycles. The number of para-hydroxylation sites is 1. The molecule has 16 heavy (non-hydrogen) atoms. The maximum absolute atomic E-state index is 13.3. The van der Waals surface area contributed by atoms with E-state index in [9.17, 15) is 9.18 Å². The second-order valence-electron chi connectivity index (χ2n) is 3.75. The largest absolute Gasteiger partial charge is 0.302 e. The monoisotopic (exact) mass is 238 g/mol. The zero-order valence-electron chi connectivity index (χ0n) is 8.95. The minimum atomic E-state index is -0.362. The molecular formula is C11H11FN2OS. The fraction of sp³-hybridized carbons (Fsp3) is 0.273. The fourth-order valence-electron chi connectivity index (χ4n) is 1.22. The van der Waals surface area contributed by atoms with E-state index in [0.29, 0.717) is 10.6 Å². The van der Waals surface area contributed by atoms with Gasteiger partial charge in [0, 0.05) is 5.92 Å². The Morgan fingerprint density at radius 2 is 2.25 bits per heavy atom. The molecule has 0 spiro atoms. The third-order valence-electron chi connectivity index (χ3n) is 2.12. The summed E-state index contributed by atoms with van der Waals surface area (Å²) in [6, 6.07) is 4.76. The summed E-state index contributed by atoms with van der Waals surface area (Å²) in [6.45, 7) is 3.59. The van der Waals surface area contributed by atoms with Crippen molar-refractivity contribution >= 4 is 32.6 Å². The number of thiazole rings is 1. The molecule has 3 nitrogen and oxygen atoms in total. The molecule has 2 rings (SSSR count). The first kappa shape index (κ1) is 11.0. The number of nitrogens with one attached hydrogen (secondary N) is 1. The summed E-state index contributed by atoms with van der Waals surface area (Å²) in [5.41, 5.74) is 0.312. The van der Waals surface area contributed by atoms with E-state index in [4.69, 9.17) is 0 Å². The van der Waals surface area contributed by atoms with Crippen LogP contribution >= 0.6 is 11.3 Å². The minimum Gasteiger partial charge on any atom is -0.302 e. The molecule has 0 atom stereocenters. The average Bonchev–Trinajstić information content (AvgIpc) is 2.61. The fourth-order valence-corrected chi connectivity index (χ4v) is 2.10. The molecule has 0 radical (unpaired) electrons. The first-order valence-electron chi connectivity index (χ1n) is 4.94. The number of benzene rings is 1. The van der Waals surface area contributed by atoms with Gasteiger partial charge in [-0.05, 0) is 12.1 Å². The number of nitrogens with zero attached hydrogens (tertiary/aromatic N) is 1. The molecule has 0 aliphatic carbocycles. The van der Waals surface area contributed by atoms with Gasteiger partial charge in [-0.3, -0.25) is 4.79 Å². The average molecular weight is 238 g/mol. The summed E-state index contributed by atoms with van der Waals surface area (Å²) in [7, 11) is 0. The number of carbonyl (C=O) groups is 1.